The van der Waals surface area contributed by atoms with Crippen LogP contribution in [0.15, 0.2) is 23.3 Å². The number of esters is 2. The van der Waals surface area contributed by atoms with Crippen molar-refractivity contribution in [2.75, 3.05) is 0 Å². The van der Waals surface area contributed by atoms with Gasteiger partial charge < -0.3 is 14.6 Å². The lowest BCUT2D eigenvalue weighted by Crippen LogP contribution is -2.64. The lowest BCUT2D eigenvalue weighted by Gasteiger charge is -2.55. The molecule has 3 rings (SSSR count). The van der Waals surface area contributed by atoms with Crippen molar-refractivity contribution in [3.63, 3.8) is 0 Å². The highest BCUT2D eigenvalue weighted by atomic mass is 16.6. The largest absolute Gasteiger partial charge is 0.462 e. The van der Waals surface area contributed by atoms with Crippen LogP contribution in [0.2, 0.25) is 0 Å². The van der Waals surface area contributed by atoms with Gasteiger partial charge in [-0.3, -0.25) is 9.59 Å². The summed E-state index contributed by atoms with van der Waals surface area (Å²) in [6.45, 7) is 15.6. The molecular weight excluding hydrogens is 368 g/mol. The highest BCUT2D eigenvalue weighted by Gasteiger charge is 2.66. The predicted octanol–water partition coefficient (Wildman–Crippen LogP) is 4.48. The Hall–Kier alpha value is -1.62. The molecule has 0 aromatic carbocycles. The fourth-order valence-electron chi connectivity index (χ4n) is 6.27. The first kappa shape index (κ1) is 22.1. The summed E-state index contributed by atoms with van der Waals surface area (Å²) >= 11 is 0. The molecule has 3 aliphatic carbocycles. The van der Waals surface area contributed by atoms with Crippen LogP contribution >= 0.6 is 0 Å². The Morgan fingerprint density at radius 3 is 2.24 bits per heavy atom. The molecular formula is C24H36O5. The van der Waals surface area contributed by atoms with E-state index in [1.807, 2.05) is 6.92 Å². The Bertz CT molecular complexity index is 765. The van der Waals surface area contributed by atoms with Gasteiger partial charge in [-0.1, -0.05) is 38.5 Å². The van der Waals surface area contributed by atoms with Crippen molar-refractivity contribution >= 4 is 11.9 Å². The summed E-state index contributed by atoms with van der Waals surface area (Å²) in [5.41, 5.74) is 1.03. The molecule has 5 atom stereocenters. The molecule has 0 heterocycles. The van der Waals surface area contributed by atoms with E-state index in [0.717, 1.165) is 18.4 Å². The van der Waals surface area contributed by atoms with Gasteiger partial charge in [-0.2, -0.15) is 0 Å². The van der Waals surface area contributed by atoms with Crippen LogP contribution in [0, 0.1) is 16.7 Å². The van der Waals surface area contributed by atoms with Gasteiger partial charge in [0.2, 0.25) is 0 Å². The van der Waals surface area contributed by atoms with Gasteiger partial charge in [0.25, 0.3) is 0 Å². The topological polar surface area (TPSA) is 72.8 Å². The fraction of sp³-hybridized carbons (Fsp3) is 0.750. The van der Waals surface area contributed by atoms with Crippen LogP contribution in [-0.4, -0.2) is 34.9 Å². The first-order valence-electron chi connectivity index (χ1n) is 10.8. The highest BCUT2D eigenvalue weighted by Crippen LogP contribution is 2.63. The molecule has 162 valence electrons. The van der Waals surface area contributed by atoms with E-state index in [1.165, 1.54) is 25.0 Å². The Labute approximate surface area is 174 Å². The highest BCUT2D eigenvalue weighted by molar-refractivity contribution is 5.67. The second-order valence-corrected chi connectivity index (χ2v) is 10.1. The molecule has 5 heteroatoms. The number of carbonyl (C=O) groups excluding carboxylic acids is 2. The van der Waals surface area contributed by atoms with Crippen molar-refractivity contribution in [1.82, 2.24) is 0 Å². The number of allylic oxidation sites excluding steroid dienone is 1. The van der Waals surface area contributed by atoms with Crippen LogP contribution in [0.5, 0.6) is 0 Å². The standard InChI is InChI=1S/C24H36O5/c1-14(2)18-10-11-22(6)13-24(27)15(3)8-9-20(28-16(4)25)23(24,7)21(12-19(18)22)29-17(5)26/h14,20-21,27H,3,8-13H2,1-2,4-7H3/t20-,21-,22-,23+,24+/m0/s1. The Kier molecular flexibility index (Phi) is 5.53. The minimum atomic E-state index is -1.28. The summed E-state index contributed by atoms with van der Waals surface area (Å²) in [5.74, 6) is -0.366. The van der Waals surface area contributed by atoms with Crippen LogP contribution in [0.3, 0.4) is 0 Å². The maximum atomic E-state index is 12.2. The third-order valence-corrected chi connectivity index (χ3v) is 7.93. The SMILES string of the molecule is C=C1CC[C@H](OC(C)=O)[C@]2(C)[C@@H](OC(C)=O)CC3=C(C(C)C)CC[C@@]3(C)C[C@@]12O. The molecule has 0 aliphatic heterocycles. The molecule has 1 N–H and O–H groups in total. The summed E-state index contributed by atoms with van der Waals surface area (Å²) in [7, 11) is 0. The van der Waals surface area contributed by atoms with Crippen molar-refractivity contribution in [2.24, 2.45) is 16.7 Å². The lowest BCUT2D eigenvalue weighted by molar-refractivity contribution is -0.213. The normalized spacial score (nSPS) is 39.7. The van der Waals surface area contributed by atoms with Gasteiger partial charge in [-0.25, -0.2) is 0 Å². The van der Waals surface area contributed by atoms with Gasteiger partial charge in [-0.05, 0) is 55.9 Å². The summed E-state index contributed by atoms with van der Waals surface area (Å²) in [4.78, 5) is 24.0. The molecule has 0 spiro atoms. The zero-order chi connectivity index (χ0) is 21.8. The minimum Gasteiger partial charge on any atom is -0.462 e. The predicted molar refractivity (Wildman–Crippen MR) is 111 cm³/mol. The van der Waals surface area contributed by atoms with Crippen molar-refractivity contribution in [3.8, 4) is 0 Å². The van der Waals surface area contributed by atoms with Gasteiger partial charge in [-0.15, -0.1) is 0 Å². The molecule has 2 saturated carbocycles. The molecule has 3 aliphatic rings. The summed E-state index contributed by atoms with van der Waals surface area (Å²) in [6.07, 6.45) is 3.07. The second-order valence-electron chi connectivity index (χ2n) is 10.1. The van der Waals surface area contributed by atoms with E-state index >= 15 is 0 Å². The van der Waals surface area contributed by atoms with Crippen molar-refractivity contribution in [2.45, 2.75) is 97.9 Å². The van der Waals surface area contributed by atoms with Crippen LogP contribution < -0.4 is 0 Å². The van der Waals surface area contributed by atoms with E-state index in [9.17, 15) is 14.7 Å². The molecule has 5 nitrogen and oxygen atoms in total. The zero-order valence-corrected chi connectivity index (χ0v) is 18.8. The molecule has 2 fully saturated rings. The molecule has 29 heavy (non-hydrogen) atoms. The Morgan fingerprint density at radius 1 is 1.10 bits per heavy atom. The first-order valence-corrected chi connectivity index (χ1v) is 10.8. The second kappa shape index (κ2) is 7.26. The van der Waals surface area contributed by atoms with E-state index < -0.39 is 23.2 Å². The maximum Gasteiger partial charge on any atom is 0.302 e. The monoisotopic (exact) mass is 404 g/mol. The smallest absolute Gasteiger partial charge is 0.302 e. The first-order chi connectivity index (χ1) is 13.3. The molecule has 0 radical (unpaired) electrons. The van der Waals surface area contributed by atoms with E-state index in [0.29, 0.717) is 31.6 Å². The summed E-state index contributed by atoms with van der Waals surface area (Å²) in [5, 5.41) is 12.2. The third-order valence-electron chi connectivity index (χ3n) is 7.93. The maximum absolute atomic E-state index is 12.2. The number of aliphatic hydroxyl groups is 1. The average Bonchev–Trinajstić information content (AvgIpc) is 2.87. The van der Waals surface area contributed by atoms with Crippen LogP contribution in [0.1, 0.15) is 80.1 Å². The van der Waals surface area contributed by atoms with E-state index in [-0.39, 0.29) is 17.4 Å². The zero-order valence-electron chi connectivity index (χ0n) is 18.8. The molecule has 0 aromatic rings. The van der Waals surface area contributed by atoms with Gasteiger partial charge >= 0.3 is 11.9 Å². The third kappa shape index (κ3) is 3.35. The van der Waals surface area contributed by atoms with Crippen molar-refractivity contribution in [1.29, 1.82) is 0 Å². The minimum absolute atomic E-state index is 0.189. The molecule has 0 saturated heterocycles. The quantitative estimate of drug-likeness (QED) is 0.554. The van der Waals surface area contributed by atoms with E-state index in [1.54, 1.807) is 0 Å². The molecule has 0 unspecified atom stereocenters. The van der Waals surface area contributed by atoms with Gasteiger partial charge in [0, 0.05) is 20.3 Å². The number of carbonyl (C=O) groups is 2. The van der Waals surface area contributed by atoms with Crippen molar-refractivity contribution in [3.05, 3.63) is 23.3 Å². The number of fused-ring (bicyclic) bond motifs is 2. The summed E-state index contributed by atoms with van der Waals surface area (Å²) in [6, 6.07) is 0. The van der Waals surface area contributed by atoms with Gasteiger partial charge in [0.05, 0.1) is 11.0 Å². The van der Waals surface area contributed by atoms with Crippen LogP contribution in [0.25, 0.3) is 0 Å². The van der Waals surface area contributed by atoms with Gasteiger partial charge in [0.15, 0.2) is 0 Å². The number of hydrogen-bond donors (Lipinski definition) is 1. The van der Waals surface area contributed by atoms with Crippen LogP contribution in [-0.2, 0) is 19.1 Å². The van der Waals surface area contributed by atoms with Crippen LogP contribution in [0.4, 0.5) is 0 Å². The molecule has 0 bridgehead atoms. The summed E-state index contributed by atoms with van der Waals surface area (Å²) < 4.78 is 11.6. The fourth-order valence-corrected chi connectivity index (χ4v) is 6.27. The number of ether oxygens (including phenoxy) is 2. The van der Waals surface area contributed by atoms with Crippen molar-refractivity contribution < 1.29 is 24.2 Å². The molecule has 0 aromatic heterocycles. The lowest BCUT2D eigenvalue weighted by atomic mass is 9.55. The molecule has 0 amide bonds. The number of hydrogen-bond acceptors (Lipinski definition) is 5. The average molecular weight is 405 g/mol. The number of rotatable bonds is 3. The van der Waals surface area contributed by atoms with E-state index in [2.05, 4.69) is 27.4 Å². The Morgan fingerprint density at radius 2 is 1.69 bits per heavy atom. The Balaban J connectivity index is 2.22. The van der Waals surface area contributed by atoms with Gasteiger partial charge in [0.1, 0.15) is 12.2 Å². The van der Waals surface area contributed by atoms with E-state index in [4.69, 9.17) is 9.47 Å².